The third-order valence-electron chi connectivity index (χ3n) is 6.79. The normalized spacial score (nSPS) is 25.1. The summed E-state index contributed by atoms with van der Waals surface area (Å²) in [6.45, 7) is 10.7. The van der Waals surface area contributed by atoms with Crippen LogP contribution in [0.2, 0.25) is 0 Å². The smallest absolute Gasteiger partial charge is 0.127 e. The third kappa shape index (κ3) is 7.44. The van der Waals surface area contributed by atoms with Gasteiger partial charge in [-0.3, -0.25) is 0 Å². The van der Waals surface area contributed by atoms with Gasteiger partial charge in [0, 0.05) is 11.1 Å². The van der Waals surface area contributed by atoms with Gasteiger partial charge in [-0.15, -0.1) is 0 Å². The highest BCUT2D eigenvalue weighted by molar-refractivity contribution is 5.48. The van der Waals surface area contributed by atoms with Crippen molar-refractivity contribution in [2.24, 2.45) is 0 Å². The highest BCUT2D eigenvalue weighted by Crippen LogP contribution is 2.32. The second kappa shape index (κ2) is 11.3. The second-order valence-electron chi connectivity index (χ2n) is 10.5. The Kier molecular flexibility index (Phi) is 7.65. The molecule has 0 bridgehead atoms. The lowest BCUT2D eigenvalue weighted by Crippen LogP contribution is -2.10. The summed E-state index contributed by atoms with van der Waals surface area (Å²) in [5.74, 6) is 1.80. The zero-order valence-electron chi connectivity index (χ0n) is 21.7. The predicted octanol–water partition coefficient (Wildman–Crippen LogP) is 3.28. The fraction of sp³-hybridized carbons (Fsp3) is 0.586. The van der Waals surface area contributed by atoms with E-state index in [2.05, 4.69) is 38.1 Å². The molecule has 0 saturated carbocycles. The monoisotopic (exact) mass is 512 g/mol. The van der Waals surface area contributed by atoms with Gasteiger partial charge in [0.25, 0.3) is 0 Å². The Morgan fingerprint density at radius 2 is 0.973 bits per heavy atom. The standard InChI is InChI=1S/C29H36O8/c1-18-3-20(6-22(8-30-10-24-12-32-24)28(18)36-16-26-14-34-26)5-21-4-19(2)29(37-17-27-15-35-27)23(7-21)9-31-11-25-13-33-25/h3-4,6-7,24-27H,5,8-17H2,1-2H3. The van der Waals surface area contributed by atoms with Crippen LogP contribution < -0.4 is 9.47 Å². The van der Waals surface area contributed by atoms with Crippen LogP contribution in [-0.4, -0.2) is 77.3 Å². The molecule has 0 aliphatic carbocycles. The summed E-state index contributed by atoms with van der Waals surface area (Å²) in [5.41, 5.74) is 6.76. The van der Waals surface area contributed by atoms with Crippen LogP contribution in [0.15, 0.2) is 24.3 Å². The van der Waals surface area contributed by atoms with Crippen molar-refractivity contribution in [3.63, 3.8) is 0 Å². The summed E-state index contributed by atoms with van der Waals surface area (Å²) in [7, 11) is 0. The van der Waals surface area contributed by atoms with Crippen LogP contribution in [0.1, 0.15) is 33.4 Å². The maximum Gasteiger partial charge on any atom is 0.127 e. The Balaban J connectivity index is 1.19. The molecule has 0 amide bonds. The molecule has 2 aromatic carbocycles. The molecule has 0 aromatic heterocycles. The minimum Gasteiger partial charge on any atom is -0.490 e. The molecule has 4 heterocycles. The molecule has 4 unspecified atom stereocenters. The van der Waals surface area contributed by atoms with Crippen molar-refractivity contribution in [2.45, 2.75) is 57.9 Å². The van der Waals surface area contributed by atoms with E-state index < -0.39 is 0 Å². The van der Waals surface area contributed by atoms with E-state index in [9.17, 15) is 0 Å². The first-order valence-electron chi connectivity index (χ1n) is 13.2. The van der Waals surface area contributed by atoms with E-state index in [1.165, 1.54) is 11.1 Å². The zero-order valence-corrected chi connectivity index (χ0v) is 21.7. The summed E-state index contributed by atoms with van der Waals surface area (Å²) < 4.78 is 45.5. The SMILES string of the molecule is Cc1cc(Cc2cc(C)c(OCC3CO3)c(COCC3CO3)c2)cc(COCC2CO2)c1OCC1CO1. The van der Waals surface area contributed by atoms with Crippen LogP contribution in [-0.2, 0) is 48.1 Å². The molecular weight excluding hydrogens is 476 g/mol. The van der Waals surface area contributed by atoms with Crippen molar-refractivity contribution in [3.8, 4) is 11.5 Å². The van der Waals surface area contributed by atoms with Gasteiger partial charge in [0.05, 0.1) is 52.9 Å². The molecule has 0 N–H and O–H groups in total. The van der Waals surface area contributed by atoms with Crippen LogP contribution in [0, 0.1) is 13.8 Å². The lowest BCUT2D eigenvalue weighted by atomic mass is 9.96. The maximum atomic E-state index is 6.15. The van der Waals surface area contributed by atoms with E-state index in [1.807, 2.05) is 0 Å². The molecule has 200 valence electrons. The zero-order chi connectivity index (χ0) is 25.2. The first kappa shape index (κ1) is 25.1. The quantitative estimate of drug-likeness (QED) is 0.317. The van der Waals surface area contributed by atoms with E-state index >= 15 is 0 Å². The summed E-state index contributed by atoms with van der Waals surface area (Å²) in [5, 5.41) is 0. The lowest BCUT2D eigenvalue weighted by molar-refractivity contribution is 0.101. The molecule has 4 saturated heterocycles. The van der Waals surface area contributed by atoms with Gasteiger partial charge in [0.15, 0.2) is 0 Å². The second-order valence-corrected chi connectivity index (χ2v) is 10.5. The van der Waals surface area contributed by atoms with Crippen LogP contribution in [0.5, 0.6) is 11.5 Å². The number of benzene rings is 2. The Labute approximate surface area is 218 Å². The number of ether oxygens (including phenoxy) is 8. The fourth-order valence-corrected chi connectivity index (χ4v) is 4.53. The highest BCUT2D eigenvalue weighted by atomic mass is 16.6. The van der Waals surface area contributed by atoms with Crippen molar-refractivity contribution in [1.82, 2.24) is 0 Å². The third-order valence-corrected chi connectivity index (χ3v) is 6.79. The molecular formula is C29H36O8. The topological polar surface area (TPSA) is 87.0 Å². The van der Waals surface area contributed by atoms with Crippen LogP contribution >= 0.6 is 0 Å². The average molecular weight is 513 g/mol. The van der Waals surface area contributed by atoms with Crippen LogP contribution in [0.3, 0.4) is 0 Å². The van der Waals surface area contributed by atoms with Gasteiger partial charge < -0.3 is 37.9 Å². The first-order valence-corrected chi connectivity index (χ1v) is 13.2. The van der Waals surface area contributed by atoms with Crippen molar-refractivity contribution in [2.75, 3.05) is 52.9 Å². The molecule has 8 nitrogen and oxygen atoms in total. The van der Waals surface area contributed by atoms with Crippen molar-refractivity contribution >= 4 is 0 Å². The summed E-state index contributed by atoms with van der Waals surface area (Å²) in [4.78, 5) is 0. The van der Waals surface area contributed by atoms with E-state index in [0.717, 1.165) is 66.6 Å². The number of epoxide rings is 4. The Morgan fingerprint density at radius 1 is 0.595 bits per heavy atom. The number of aryl methyl sites for hydroxylation is 2. The maximum absolute atomic E-state index is 6.15. The molecule has 37 heavy (non-hydrogen) atoms. The predicted molar refractivity (Wildman–Crippen MR) is 134 cm³/mol. The highest BCUT2D eigenvalue weighted by Gasteiger charge is 2.27. The molecule has 2 aromatic rings. The van der Waals surface area contributed by atoms with Gasteiger partial charge in [0.1, 0.15) is 49.1 Å². The largest absolute Gasteiger partial charge is 0.490 e. The lowest BCUT2D eigenvalue weighted by Gasteiger charge is -2.18. The van der Waals surface area contributed by atoms with Gasteiger partial charge in [-0.05, 0) is 54.7 Å². The first-order chi connectivity index (χ1) is 18.1. The van der Waals surface area contributed by atoms with Crippen molar-refractivity contribution in [1.29, 1.82) is 0 Å². The van der Waals surface area contributed by atoms with Crippen molar-refractivity contribution in [3.05, 3.63) is 57.6 Å². The van der Waals surface area contributed by atoms with Crippen LogP contribution in [0.4, 0.5) is 0 Å². The average Bonchev–Trinajstić information content (AvgIpc) is 3.65. The summed E-state index contributed by atoms with van der Waals surface area (Å²) in [6.07, 6.45) is 1.66. The van der Waals surface area contributed by atoms with Crippen LogP contribution in [0.25, 0.3) is 0 Å². The van der Waals surface area contributed by atoms with Crippen molar-refractivity contribution < 1.29 is 37.9 Å². The molecule has 4 fully saturated rings. The van der Waals surface area contributed by atoms with E-state index in [4.69, 9.17) is 37.9 Å². The minimum absolute atomic E-state index is 0.204. The number of hydrogen-bond donors (Lipinski definition) is 0. The molecule has 0 radical (unpaired) electrons. The molecule has 8 heteroatoms. The van der Waals surface area contributed by atoms with E-state index in [1.54, 1.807) is 0 Å². The Hall–Kier alpha value is -2.20. The van der Waals surface area contributed by atoms with E-state index in [0.29, 0.717) is 39.6 Å². The van der Waals surface area contributed by atoms with Gasteiger partial charge in [-0.1, -0.05) is 12.1 Å². The minimum atomic E-state index is 0.204. The molecule has 4 aliphatic rings. The van der Waals surface area contributed by atoms with Gasteiger partial charge in [0.2, 0.25) is 0 Å². The number of hydrogen-bond acceptors (Lipinski definition) is 8. The molecule has 0 spiro atoms. The Bertz CT molecular complexity index is 1000. The molecule has 6 rings (SSSR count). The van der Waals surface area contributed by atoms with E-state index in [-0.39, 0.29) is 24.4 Å². The summed E-state index contributed by atoms with van der Waals surface area (Å²) in [6, 6.07) is 8.83. The van der Waals surface area contributed by atoms with Gasteiger partial charge >= 0.3 is 0 Å². The Morgan fingerprint density at radius 3 is 1.35 bits per heavy atom. The van der Waals surface area contributed by atoms with Gasteiger partial charge in [-0.25, -0.2) is 0 Å². The summed E-state index contributed by atoms with van der Waals surface area (Å²) >= 11 is 0. The number of rotatable bonds is 16. The molecule has 4 atom stereocenters. The molecule has 4 aliphatic heterocycles. The fourth-order valence-electron chi connectivity index (χ4n) is 4.53. The van der Waals surface area contributed by atoms with Gasteiger partial charge in [-0.2, -0.15) is 0 Å².